The van der Waals surface area contributed by atoms with Gasteiger partial charge in [-0.1, -0.05) is 36.4 Å². The molecule has 0 fully saturated rings. The molecule has 19 heavy (non-hydrogen) atoms. The summed E-state index contributed by atoms with van der Waals surface area (Å²) in [5, 5.41) is 5.00. The average Bonchev–Trinajstić information content (AvgIpc) is 2.34. The zero-order valence-corrected chi connectivity index (χ0v) is 11.6. The Kier molecular flexibility index (Phi) is 3.74. The fourth-order valence-corrected chi connectivity index (χ4v) is 1.92. The highest BCUT2D eigenvalue weighted by Crippen LogP contribution is 2.24. The summed E-state index contributed by atoms with van der Waals surface area (Å²) in [7, 11) is 0. The van der Waals surface area contributed by atoms with Gasteiger partial charge < -0.3 is 10.1 Å². The number of carbonyl (C=O) groups is 1. The number of hydrogen-bond donors (Lipinski definition) is 1. The molecule has 3 nitrogen and oxygen atoms in total. The number of carbonyl (C=O) groups excluding carboxylic acids is 1. The molecule has 0 heterocycles. The standard InChI is InChI=1S/C16H19NO2/c1-16(2,3)17-15(18)11-19-14-10-6-8-12-7-4-5-9-13(12)14/h4-10H,11H2,1-3H3,(H,17,18). The normalized spacial score (nSPS) is 11.3. The molecule has 0 unspecified atom stereocenters. The summed E-state index contributed by atoms with van der Waals surface area (Å²) in [6.45, 7) is 5.87. The molecule has 0 aromatic heterocycles. The number of ether oxygens (including phenoxy) is 1. The zero-order chi connectivity index (χ0) is 13.9. The van der Waals surface area contributed by atoms with E-state index >= 15 is 0 Å². The highest BCUT2D eigenvalue weighted by molar-refractivity contribution is 5.88. The quantitative estimate of drug-likeness (QED) is 0.917. The topological polar surface area (TPSA) is 38.3 Å². The number of rotatable bonds is 3. The summed E-state index contributed by atoms with van der Waals surface area (Å²) in [6.07, 6.45) is 0. The Balaban J connectivity index is 2.08. The molecule has 0 saturated carbocycles. The van der Waals surface area contributed by atoms with Crippen molar-refractivity contribution in [3.8, 4) is 5.75 Å². The lowest BCUT2D eigenvalue weighted by atomic mass is 10.1. The monoisotopic (exact) mass is 257 g/mol. The van der Waals surface area contributed by atoms with Gasteiger partial charge >= 0.3 is 0 Å². The third-order valence-electron chi connectivity index (χ3n) is 2.62. The Morgan fingerprint density at radius 1 is 1.11 bits per heavy atom. The molecule has 3 heteroatoms. The summed E-state index contributed by atoms with van der Waals surface area (Å²) in [5.41, 5.74) is -0.237. The molecule has 0 aliphatic rings. The number of hydrogen-bond acceptors (Lipinski definition) is 2. The summed E-state index contributed by atoms with van der Waals surface area (Å²) < 4.78 is 5.61. The maximum atomic E-state index is 11.7. The van der Waals surface area contributed by atoms with Gasteiger partial charge in [-0.25, -0.2) is 0 Å². The van der Waals surface area contributed by atoms with Gasteiger partial charge in [0.25, 0.3) is 5.91 Å². The van der Waals surface area contributed by atoms with Crippen LogP contribution in [0, 0.1) is 0 Å². The first kappa shape index (κ1) is 13.4. The van der Waals surface area contributed by atoms with Crippen LogP contribution in [0.2, 0.25) is 0 Å². The molecule has 0 atom stereocenters. The molecule has 0 radical (unpaired) electrons. The van der Waals surface area contributed by atoms with E-state index in [1.165, 1.54) is 0 Å². The van der Waals surface area contributed by atoms with Gasteiger partial charge in [0.1, 0.15) is 5.75 Å². The van der Waals surface area contributed by atoms with E-state index in [9.17, 15) is 4.79 Å². The van der Waals surface area contributed by atoms with Crippen LogP contribution in [-0.2, 0) is 4.79 Å². The first-order valence-electron chi connectivity index (χ1n) is 6.37. The second-order valence-corrected chi connectivity index (χ2v) is 5.56. The van der Waals surface area contributed by atoms with Crippen LogP contribution in [0.15, 0.2) is 42.5 Å². The minimum Gasteiger partial charge on any atom is -0.483 e. The van der Waals surface area contributed by atoms with Crippen molar-refractivity contribution in [2.75, 3.05) is 6.61 Å². The molecule has 0 aliphatic carbocycles. The first-order chi connectivity index (χ1) is 8.96. The van der Waals surface area contributed by atoms with Gasteiger partial charge in [-0.2, -0.15) is 0 Å². The van der Waals surface area contributed by atoms with Gasteiger partial charge in [-0.05, 0) is 32.2 Å². The van der Waals surface area contributed by atoms with Crippen LogP contribution in [0.5, 0.6) is 5.75 Å². The molecular formula is C16H19NO2. The number of fused-ring (bicyclic) bond motifs is 1. The Hall–Kier alpha value is -2.03. The summed E-state index contributed by atoms with van der Waals surface area (Å²) in [4.78, 5) is 11.7. The van der Waals surface area contributed by atoms with Gasteiger partial charge in [-0.3, -0.25) is 4.79 Å². The Labute approximate surface area is 113 Å². The molecule has 1 N–H and O–H groups in total. The maximum absolute atomic E-state index is 11.7. The number of nitrogens with one attached hydrogen (secondary N) is 1. The van der Waals surface area contributed by atoms with E-state index in [1.54, 1.807) is 0 Å². The van der Waals surface area contributed by atoms with Crippen molar-refractivity contribution < 1.29 is 9.53 Å². The maximum Gasteiger partial charge on any atom is 0.258 e. The van der Waals surface area contributed by atoms with E-state index in [-0.39, 0.29) is 18.1 Å². The minimum atomic E-state index is -0.237. The van der Waals surface area contributed by atoms with Crippen LogP contribution in [0.3, 0.4) is 0 Å². The van der Waals surface area contributed by atoms with Crippen molar-refractivity contribution >= 4 is 16.7 Å². The smallest absolute Gasteiger partial charge is 0.258 e. The van der Waals surface area contributed by atoms with Gasteiger partial charge in [0.2, 0.25) is 0 Å². The third-order valence-corrected chi connectivity index (χ3v) is 2.62. The molecule has 100 valence electrons. The van der Waals surface area contributed by atoms with Crippen LogP contribution < -0.4 is 10.1 Å². The van der Waals surface area contributed by atoms with E-state index in [2.05, 4.69) is 5.32 Å². The average molecular weight is 257 g/mol. The van der Waals surface area contributed by atoms with E-state index in [4.69, 9.17) is 4.74 Å². The van der Waals surface area contributed by atoms with Crippen LogP contribution in [0.1, 0.15) is 20.8 Å². The largest absolute Gasteiger partial charge is 0.483 e. The third kappa shape index (κ3) is 3.71. The fourth-order valence-electron chi connectivity index (χ4n) is 1.92. The molecule has 2 rings (SSSR count). The lowest BCUT2D eigenvalue weighted by Gasteiger charge is -2.20. The Morgan fingerprint density at radius 3 is 2.53 bits per heavy atom. The Morgan fingerprint density at radius 2 is 1.79 bits per heavy atom. The molecule has 1 amide bonds. The van der Waals surface area contributed by atoms with Crippen molar-refractivity contribution in [2.24, 2.45) is 0 Å². The minimum absolute atomic E-state index is 0.0330. The summed E-state index contributed by atoms with van der Waals surface area (Å²) in [5.74, 6) is 0.627. The number of benzene rings is 2. The van der Waals surface area contributed by atoms with Crippen molar-refractivity contribution in [3.05, 3.63) is 42.5 Å². The van der Waals surface area contributed by atoms with Gasteiger partial charge in [0.05, 0.1) is 0 Å². The lowest BCUT2D eigenvalue weighted by Crippen LogP contribution is -2.43. The van der Waals surface area contributed by atoms with E-state index in [0.717, 1.165) is 16.5 Å². The molecule has 0 bridgehead atoms. The SMILES string of the molecule is CC(C)(C)NC(=O)COc1cccc2ccccc12. The van der Waals surface area contributed by atoms with Crippen LogP contribution in [-0.4, -0.2) is 18.1 Å². The second kappa shape index (κ2) is 5.31. The molecule has 0 aliphatic heterocycles. The molecule has 2 aromatic rings. The first-order valence-corrected chi connectivity index (χ1v) is 6.37. The van der Waals surface area contributed by atoms with Crippen LogP contribution >= 0.6 is 0 Å². The lowest BCUT2D eigenvalue weighted by molar-refractivity contribution is -0.124. The second-order valence-electron chi connectivity index (χ2n) is 5.56. The van der Waals surface area contributed by atoms with Gasteiger partial charge in [-0.15, -0.1) is 0 Å². The molecule has 2 aromatic carbocycles. The van der Waals surface area contributed by atoms with Crippen molar-refractivity contribution in [3.63, 3.8) is 0 Å². The van der Waals surface area contributed by atoms with E-state index in [1.807, 2.05) is 63.2 Å². The highest BCUT2D eigenvalue weighted by atomic mass is 16.5. The molecule has 0 saturated heterocycles. The predicted octanol–water partition coefficient (Wildman–Crippen LogP) is 3.13. The highest BCUT2D eigenvalue weighted by Gasteiger charge is 2.14. The van der Waals surface area contributed by atoms with E-state index < -0.39 is 0 Å². The fraction of sp³-hybridized carbons (Fsp3) is 0.312. The van der Waals surface area contributed by atoms with Crippen molar-refractivity contribution in [1.82, 2.24) is 5.32 Å². The van der Waals surface area contributed by atoms with Crippen molar-refractivity contribution in [1.29, 1.82) is 0 Å². The summed E-state index contributed by atoms with van der Waals surface area (Å²) in [6, 6.07) is 13.8. The van der Waals surface area contributed by atoms with Crippen LogP contribution in [0.4, 0.5) is 0 Å². The number of amides is 1. The van der Waals surface area contributed by atoms with E-state index in [0.29, 0.717) is 0 Å². The predicted molar refractivity (Wildman–Crippen MR) is 77.3 cm³/mol. The Bertz CT molecular complexity index is 579. The van der Waals surface area contributed by atoms with Crippen molar-refractivity contribution in [2.45, 2.75) is 26.3 Å². The summed E-state index contributed by atoms with van der Waals surface area (Å²) >= 11 is 0. The van der Waals surface area contributed by atoms with Gasteiger partial charge in [0.15, 0.2) is 6.61 Å². The molecular weight excluding hydrogens is 238 g/mol. The van der Waals surface area contributed by atoms with Gasteiger partial charge in [0, 0.05) is 10.9 Å². The molecule has 0 spiro atoms. The van der Waals surface area contributed by atoms with Crippen LogP contribution in [0.25, 0.3) is 10.8 Å². The zero-order valence-electron chi connectivity index (χ0n) is 11.6.